The van der Waals surface area contributed by atoms with Crippen molar-refractivity contribution >= 4 is 11.7 Å². The molecule has 0 radical (unpaired) electrons. The van der Waals surface area contributed by atoms with Crippen molar-refractivity contribution in [2.75, 3.05) is 24.6 Å². The Morgan fingerprint density at radius 1 is 1.05 bits per heavy atom. The Bertz CT molecular complexity index is 610. The molecule has 0 atom stereocenters. The minimum absolute atomic E-state index is 0.238. The fraction of sp³-hybridized carbons (Fsp3) is 0.278. The van der Waals surface area contributed by atoms with Gasteiger partial charge in [-0.3, -0.25) is 0 Å². The van der Waals surface area contributed by atoms with Crippen LogP contribution >= 0.6 is 0 Å². The van der Waals surface area contributed by atoms with Crippen molar-refractivity contribution in [1.82, 2.24) is 0 Å². The van der Waals surface area contributed by atoms with Gasteiger partial charge in [0.1, 0.15) is 0 Å². The van der Waals surface area contributed by atoms with Gasteiger partial charge < -0.3 is 9.64 Å². The van der Waals surface area contributed by atoms with Crippen molar-refractivity contribution in [3.05, 3.63) is 65.7 Å². The van der Waals surface area contributed by atoms with Gasteiger partial charge in [0.25, 0.3) is 0 Å². The molecule has 0 bridgehead atoms. The van der Waals surface area contributed by atoms with E-state index in [0.717, 1.165) is 25.9 Å². The number of carbonyl (C=O) groups excluding carboxylic acids is 1. The number of carbonyl (C=O) groups is 1. The zero-order chi connectivity index (χ0) is 14.5. The number of fused-ring (bicyclic) bond motifs is 1. The number of hydrogen-bond acceptors (Lipinski definition) is 3. The third kappa shape index (κ3) is 3.24. The number of anilines is 1. The molecular weight excluding hydrogens is 262 g/mol. The van der Waals surface area contributed by atoms with Crippen molar-refractivity contribution in [3.63, 3.8) is 0 Å². The monoisotopic (exact) mass is 281 g/mol. The number of ether oxygens (including phenoxy) is 1. The summed E-state index contributed by atoms with van der Waals surface area (Å²) in [5, 5.41) is 0. The van der Waals surface area contributed by atoms with E-state index in [1.807, 2.05) is 18.2 Å². The number of esters is 1. The van der Waals surface area contributed by atoms with Gasteiger partial charge in [-0.1, -0.05) is 36.4 Å². The molecule has 1 aliphatic heterocycles. The molecule has 0 spiro atoms. The average molecular weight is 281 g/mol. The maximum atomic E-state index is 11.8. The molecule has 0 unspecified atom stereocenters. The van der Waals surface area contributed by atoms with Gasteiger partial charge in [-0.15, -0.1) is 0 Å². The van der Waals surface area contributed by atoms with Crippen molar-refractivity contribution in [2.45, 2.75) is 12.8 Å². The summed E-state index contributed by atoms with van der Waals surface area (Å²) in [4.78, 5) is 14.2. The van der Waals surface area contributed by atoms with Crippen LogP contribution in [0.5, 0.6) is 0 Å². The van der Waals surface area contributed by atoms with Gasteiger partial charge in [-0.25, -0.2) is 4.79 Å². The van der Waals surface area contributed by atoms with E-state index < -0.39 is 0 Å². The second-order valence-electron chi connectivity index (χ2n) is 5.22. The van der Waals surface area contributed by atoms with E-state index in [1.165, 1.54) is 11.3 Å². The fourth-order valence-electron chi connectivity index (χ4n) is 2.72. The third-order valence-corrected chi connectivity index (χ3v) is 3.80. The number of benzene rings is 2. The molecule has 0 aliphatic carbocycles. The van der Waals surface area contributed by atoms with E-state index >= 15 is 0 Å². The van der Waals surface area contributed by atoms with Crippen LogP contribution in [0, 0.1) is 0 Å². The molecule has 0 N–H and O–H groups in total. The molecule has 1 heterocycles. The van der Waals surface area contributed by atoms with Gasteiger partial charge in [0, 0.05) is 18.8 Å². The third-order valence-electron chi connectivity index (χ3n) is 3.80. The molecule has 0 aromatic heterocycles. The first-order valence-electron chi connectivity index (χ1n) is 7.39. The van der Waals surface area contributed by atoms with Gasteiger partial charge in [-0.05, 0) is 36.6 Å². The van der Waals surface area contributed by atoms with Crippen LogP contribution in [-0.2, 0) is 11.2 Å². The zero-order valence-corrected chi connectivity index (χ0v) is 12.0. The summed E-state index contributed by atoms with van der Waals surface area (Å²) in [5.41, 5.74) is 3.36. The Morgan fingerprint density at radius 3 is 2.67 bits per heavy atom. The van der Waals surface area contributed by atoms with Crippen molar-refractivity contribution in [2.24, 2.45) is 0 Å². The van der Waals surface area contributed by atoms with Gasteiger partial charge >= 0.3 is 5.97 Å². The smallest absolute Gasteiger partial charge is 0.338 e. The Balaban J connectivity index is 1.44. The molecule has 3 nitrogen and oxygen atoms in total. The molecule has 1 aliphatic rings. The van der Waals surface area contributed by atoms with E-state index in [4.69, 9.17) is 4.74 Å². The van der Waals surface area contributed by atoms with Gasteiger partial charge in [0.05, 0.1) is 12.2 Å². The topological polar surface area (TPSA) is 29.5 Å². The predicted molar refractivity (Wildman–Crippen MR) is 83.7 cm³/mol. The molecule has 0 amide bonds. The van der Waals surface area contributed by atoms with Crippen LogP contribution in [0.4, 0.5) is 5.69 Å². The highest BCUT2D eigenvalue weighted by molar-refractivity contribution is 5.89. The Kier molecular flexibility index (Phi) is 4.20. The maximum absolute atomic E-state index is 11.8. The van der Waals surface area contributed by atoms with Gasteiger partial charge in [0.2, 0.25) is 0 Å². The first-order chi connectivity index (χ1) is 10.3. The lowest BCUT2D eigenvalue weighted by atomic mass is 10.2. The fourth-order valence-corrected chi connectivity index (χ4v) is 2.72. The number of rotatable bonds is 5. The molecule has 108 valence electrons. The molecule has 2 aromatic rings. The van der Waals surface area contributed by atoms with Crippen LogP contribution in [0.3, 0.4) is 0 Å². The number of hydrogen-bond donors (Lipinski definition) is 0. The minimum atomic E-state index is -0.238. The van der Waals surface area contributed by atoms with Crippen LogP contribution in [0.1, 0.15) is 22.3 Å². The lowest BCUT2D eigenvalue weighted by molar-refractivity contribution is 0.0502. The summed E-state index contributed by atoms with van der Waals surface area (Å²) >= 11 is 0. The first-order valence-corrected chi connectivity index (χ1v) is 7.39. The SMILES string of the molecule is O=C(OCCCN1CCc2ccccc21)c1ccccc1. The lowest BCUT2D eigenvalue weighted by Gasteiger charge is -2.19. The van der Waals surface area contributed by atoms with Crippen LogP contribution in [0.25, 0.3) is 0 Å². The normalized spacial score (nSPS) is 13.0. The molecule has 0 fully saturated rings. The van der Waals surface area contributed by atoms with E-state index in [9.17, 15) is 4.79 Å². The molecule has 3 heteroatoms. The summed E-state index contributed by atoms with van der Waals surface area (Å²) in [5.74, 6) is -0.238. The zero-order valence-electron chi connectivity index (χ0n) is 12.0. The van der Waals surface area contributed by atoms with Gasteiger partial charge in [-0.2, -0.15) is 0 Å². The van der Waals surface area contributed by atoms with E-state index in [1.54, 1.807) is 12.1 Å². The molecular formula is C18H19NO2. The average Bonchev–Trinajstić information content (AvgIpc) is 2.95. The van der Waals surface area contributed by atoms with Crippen LogP contribution in [0.15, 0.2) is 54.6 Å². The molecule has 0 saturated heterocycles. The molecule has 21 heavy (non-hydrogen) atoms. The lowest BCUT2D eigenvalue weighted by Crippen LogP contribution is -2.23. The van der Waals surface area contributed by atoms with Crippen LogP contribution in [0.2, 0.25) is 0 Å². The van der Waals surface area contributed by atoms with E-state index in [-0.39, 0.29) is 5.97 Å². The van der Waals surface area contributed by atoms with E-state index in [0.29, 0.717) is 12.2 Å². The van der Waals surface area contributed by atoms with Crippen molar-refractivity contribution in [3.8, 4) is 0 Å². The summed E-state index contributed by atoms with van der Waals surface area (Å²) in [6.07, 6.45) is 1.97. The maximum Gasteiger partial charge on any atom is 0.338 e. The van der Waals surface area contributed by atoms with E-state index in [2.05, 4.69) is 29.2 Å². The highest BCUT2D eigenvalue weighted by Gasteiger charge is 2.17. The summed E-state index contributed by atoms with van der Waals surface area (Å²) in [7, 11) is 0. The standard InChI is InChI=1S/C18H19NO2/c20-18(16-8-2-1-3-9-16)21-14-6-12-19-13-11-15-7-4-5-10-17(15)19/h1-5,7-10H,6,11-14H2. The number of nitrogens with zero attached hydrogens (tertiary/aromatic N) is 1. The Labute approximate surface area is 125 Å². The quantitative estimate of drug-likeness (QED) is 0.622. The molecule has 0 saturated carbocycles. The second-order valence-corrected chi connectivity index (χ2v) is 5.22. The van der Waals surface area contributed by atoms with Crippen molar-refractivity contribution < 1.29 is 9.53 Å². The number of para-hydroxylation sites is 1. The molecule has 2 aromatic carbocycles. The Hall–Kier alpha value is -2.29. The van der Waals surface area contributed by atoms with Crippen LogP contribution in [-0.4, -0.2) is 25.7 Å². The molecule has 3 rings (SSSR count). The van der Waals surface area contributed by atoms with Crippen LogP contribution < -0.4 is 4.90 Å². The first kappa shape index (κ1) is 13.7. The second kappa shape index (κ2) is 6.44. The summed E-state index contributed by atoms with van der Waals surface area (Å²) < 4.78 is 5.31. The highest BCUT2D eigenvalue weighted by Crippen LogP contribution is 2.27. The van der Waals surface area contributed by atoms with Crippen molar-refractivity contribution in [1.29, 1.82) is 0 Å². The minimum Gasteiger partial charge on any atom is -0.462 e. The Morgan fingerprint density at radius 2 is 1.81 bits per heavy atom. The largest absolute Gasteiger partial charge is 0.462 e. The predicted octanol–water partition coefficient (Wildman–Crippen LogP) is 3.30. The summed E-state index contributed by atoms with van der Waals surface area (Å²) in [6.45, 7) is 2.46. The summed E-state index contributed by atoms with van der Waals surface area (Å²) in [6, 6.07) is 17.6. The highest BCUT2D eigenvalue weighted by atomic mass is 16.5. The van der Waals surface area contributed by atoms with Gasteiger partial charge in [0.15, 0.2) is 0 Å².